The maximum Gasteiger partial charge on any atom is 0.251 e. The number of carbonyl (C=O) groups is 2. The van der Waals surface area contributed by atoms with Crippen molar-refractivity contribution in [1.82, 2.24) is 10.7 Å². The van der Waals surface area contributed by atoms with Gasteiger partial charge in [0.05, 0.1) is 12.3 Å². The third-order valence-corrected chi connectivity index (χ3v) is 3.66. The van der Waals surface area contributed by atoms with Crippen LogP contribution in [-0.4, -0.2) is 32.6 Å². The van der Waals surface area contributed by atoms with E-state index in [1.807, 2.05) is 0 Å². The molecule has 2 rings (SSSR count). The minimum Gasteiger partial charge on any atom is -0.384 e. The van der Waals surface area contributed by atoms with E-state index in [0.717, 1.165) is 18.5 Å². The zero-order chi connectivity index (χ0) is 15.3. The molecule has 0 aliphatic heterocycles. The first kappa shape index (κ1) is 15.3. The Bertz CT molecular complexity index is 509. The minimum absolute atomic E-state index is 0.0313. The lowest BCUT2D eigenvalue weighted by Crippen LogP contribution is -2.32. The zero-order valence-corrected chi connectivity index (χ0v) is 12.4. The Morgan fingerprint density at radius 3 is 2.43 bits per heavy atom. The summed E-state index contributed by atoms with van der Waals surface area (Å²) in [5.41, 5.74) is 6.86. The monoisotopic (exact) mass is 291 g/mol. The molecule has 1 fully saturated rings. The zero-order valence-electron chi connectivity index (χ0n) is 12.4. The number of rotatable bonds is 7. The van der Waals surface area contributed by atoms with Crippen LogP contribution in [0.3, 0.4) is 0 Å². The fraction of sp³-hybridized carbons (Fsp3) is 0.467. The van der Waals surface area contributed by atoms with E-state index in [1.165, 1.54) is 0 Å². The molecule has 0 spiro atoms. The van der Waals surface area contributed by atoms with E-state index in [9.17, 15) is 9.59 Å². The summed E-state index contributed by atoms with van der Waals surface area (Å²) in [5, 5.41) is 2.55. The van der Waals surface area contributed by atoms with Crippen LogP contribution in [0.5, 0.6) is 0 Å². The summed E-state index contributed by atoms with van der Waals surface area (Å²) in [6.45, 7) is 0.626. The van der Waals surface area contributed by atoms with Crippen molar-refractivity contribution >= 4 is 17.5 Å². The van der Waals surface area contributed by atoms with E-state index < -0.39 is 0 Å². The molecule has 0 unspecified atom stereocenters. The lowest BCUT2D eigenvalue weighted by atomic mass is 10.0. The topological polar surface area (TPSA) is 79.5 Å². The van der Waals surface area contributed by atoms with Crippen LogP contribution in [0.4, 0.5) is 5.69 Å². The molecular weight excluding hydrogens is 270 g/mol. The van der Waals surface area contributed by atoms with Gasteiger partial charge in [-0.2, -0.15) is 0 Å². The molecule has 0 heterocycles. The van der Waals surface area contributed by atoms with Gasteiger partial charge in [0.15, 0.2) is 0 Å². The maximum atomic E-state index is 11.9. The smallest absolute Gasteiger partial charge is 0.251 e. The number of hydrazine groups is 1. The number of carbonyl (C=O) groups excluding carboxylic acids is 2. The van der Waals surface area contributed by atoms with Gasteiger partial charge >= 0.3 is 0 Å². The van der Waals surface area contributed by atoms with Gasteiger partial charge in [0, 0.05) is 31.6 Å². The van der Waals surface area contributed by atoms with Crippen molar-refractivity contribution in [3.63, 3.8) is 0 Å². The average Bonchev–Trinajstić information content (AvgIpc) is 3.24. The summed E-state index contributed by atoms with van der Waals surface area (Å²) < 4.78 is 5.14. The summed E-state index contributed by atoms with van der Waals surface area (Å²) >= 11 is 0. The van der Waals surface area contributed by atoms with Gasteiger partial charge < -0.3 is 10.1 Å². The molecule has 114 valence electrons. The highest BCUT2D eigenvalue weighted by Gasteiger charge is 2.44. The lowest BCUT2D eigenvalue weighted by Gasteiger charge is -2.14. The van der Waals surface area contributed by atoms with E-state index in [2.05, 4.69) is 16.2 Å². The van der Waals surface area contributed by atoms with Crippen molar-refractivity contribution < 1.29 is 14.3 Å². The van der Waals surface area contributed by atoms with E-state index in [4.69, 9.17) is 4.74 Å². The van der Waals surface area contributed by atoms with Gasteiger partial charge in [0.2, 0.25) is 5.91 Å². The minimum atomic E-state index is -0.138. The number of benzene rings is 1. The summed E-state index contributed by atoms with van der Waals surface area (Å²) in [7, 11) is 3.24. The second kappa shape index (κ2) is 6.58. The Kier molecular flexibility index (Phi) is 4.80. The number of nitrogens with one attached hydrogen (secondary N) is 3. The quantitative estimate of drug-likeness (QED) is 0.662. The van der Waals surface area contributed by atoms with Crippen molar-refractivity contribution in [1.29, 1.82) is 0 Å². The first-order chi connectivity index (χ1) is 10.1. The molecule has 6 heteroatoms. The van der Waals surface area contributed by atoms with E-state index in [0.29, 0.717) is 18.6 Å². The van der Waals surface area contributed by atoms with Crippen LogP contribution >= 0.6 is 0 Å². The summed E-state index contributed by atoms with van der Waals surface area (Å²) in [5.74, 6) is -0.194. The number of hydrogen-bond acceptors (Lipinski definition) is 4. The van der Waals surface area contributed by atoms with Crippen LogP contribution in [0.1, 0.15) is 29.6 Å². The Hall–Kier alpha value is -2.08. The van der Waals surface area contributed by atoms with E-state index in [1.54, 1.807) is 38.4 Å². The fourth-order valence-electron chi connectivity index (χ4n) is 2.23. The lowest BCUT2D eigenvalue weighted by molar-refractivity contribution is -0.122. The van der Waals surface area contributed by atoms with Crippen LogP contribution in [0.25, 0.3) is 0 Å². The second-order valence-corrected chi connectivity index (χ2v) is 5.44. The van der Waals surface area contributed by atoms with Crippen molar-refractivity contribution in [3.8, 4) is 0 Å². The predicted octanol–water partition coefficient (Wildman–Crippen LogP) is 1.31. The van der Waals surface area contributed by atoms with E-state index in [-0.39, 0.29) is 17.2 Å². The molecular formula is C15H21N3O3. The molecule has 1 aliphatic carbocycles. The first-order valence-corrected chi connectivity index (χ1v) is 6.94. The molecule has 1 saturated carbocycles. The van der Waals surface area contributed by atoms with E-state index >= 15 is 0 Å². The summed E-state index contributed by atoms with van der Waals surface area (Å²) in [6, 6.07) is 6.88. The van der Waals surface area contributed by atoms with Crippen LogP contribution in [-0.2, 0) is 9.53 Å². The average molecular weight is 291 g/mol. The van der Waals surface area contributed by atoms with Crippen molar-refractivity contribution in [3.05, 3.63) is 29.8 Å². The normalized spacial score (nSPS) is 15.1. The molecule has 1 aromatic rings. The van der Waals surface area contributed by atoms with Gasteiger partial charge in [-0.25, -0.2) is 0 Å². The van der Waals surface area contributed by atoms with Crippen molar-refractivity contribution in [2.24, 2.45) is 5.41 Å². The molecule has 1 aromatic carbocycles. The molecule has 21 heavy (non-hydrogen) atoms. The molecule has 0 saturated heterocycles. The third-order valence-electron chi connectivity index (χ3n) is 3.66. The first-order valence-electron chi connectivity index (χ1n) is 6.94. The van der Waals surface area contributed by atoms with Crippen molar-refractivity contribution in [2.45, 2.75) is 19.3 Å². The van der Waals surface area contributed by atoms with Gasteiger partial charge in [-0.15, -0.1) is 0 Å². The predicted molar refractivity (Wildman–Crippen MR) is 79.8 cm³/mol. The van der Waals surface area contributed by atoms with Gasteiger partial charge in [-0.1, -0.05) is 0 Å². The van der Waals surface area contributed by atoms with Gasteiger partial charge in [-0.3, -0.25) is 20.4 Å². The Balaban J connectivity index is 1.80. The van der Waals surface area contributed by atoms with Crippen molar-refractivity contribution in [2.75, 3.05) is 26.2 Å². The van der Waals surface area contributed by atoms with Gasteiger partial charge in [-0.05, 0) is 37.1 Å². The van der Waals surface area contributed by atoms with Crippen LogP contribution in [0.2, 0.25) is 0 Å². The molecule has 6 nitrogen and oxygen atoms in total. The fourth-order valence-corrected chi connectivity index (χ4v) is 2.23. The number of amides is 2. The Morgan fingerprint density at radius 1 is 1.24 bits per heavy atom. The highest BCUT2D eigenvalue weighted by atomic mass is 16.5. The number of methoxy groups -OCH3 is 1. The Morgan fingerprint density at radius 2 is 1.90 bits per heavy atom. The SMILES string of the molecule is CNC(=O)c1ccc(NNC(=O)CC2(COC)CC2)cc1. The molecule has 2 amide bonds. The number of ether oxygens (including phenoxy) is 1. The molecule has 3 N–H and O–H groups in total. The van der Waals surface area contributed by atoms with Crippen LogP contribution < -0.4 is 16.2 Å². The highest BCUT2D eigenvalue weighted by molar-refractivity contribution is 5.94. The van der Waals surface area contributed by atoms with Crippen LogP contribution in [0.15, 0.2) is 24.3 Å². The Labute approximate surface area is 124 Å². The molecule has 0 atom stereocenters. The number of anilines is 1. The molecule has 0 radical (unpaired) electrons. The largest absolute Gasteiger partial charge is 0.384 e. The maximum absolute atomic E-state index is 11.9. The molecule has 0 aromatic heterocycles. The standard InChI is InChI=1S/C15H21N3O3/c1-16-14(20)11-3-5-12(6-4-11)17-18-13(19)9-15(7-8-15)10-21-2/h3-6,17H,7-10H2,1-2H3,(H,16,20)(H,18,19). The number of hydrogen-bond donors (Lipinski definition) is 3. The molecule has 1 aliphatic rings. The molecule has 0 bridgehead atoms. The van der Waals surface area contributed by atoms with Gasteiger partial charge in [0.1, 0.15) is 0 Å². The third kappa shape index (κ3) is 4.19. The van der Waals surface area contributed by atoms with Crippen LogP contribution in [0, 0.1) is 5.41 Å². The van der Waals surface area contributed by atoms with Gasteiger partial charge in [0.25, 0.3) is 5.91 Å². The summed E-state index contributed by atoms with van der Waals surface area (Å²) in [4.78, 5) is 23.3. The highest BCUT2D eigenvalue weighted by Crippen LogP contribution is 2.48. The second-order valence-electron chi connectivity index (χ2n) is 5.44. The summed E-state index contributed by atoms with van der Waals surface area (Å²) in [6.07, 6.45) is 2.54.